The van der Waals surface area contributed by atoms with Gasteiger partial charge in [-0.3, -0.25) is 4.21 Å². The van der Waals surface area contributed by atoms with Crippen molar-refractivity contribution in [2.45, 2.75) is 23.8 Å². The van der Waals surface area contributed by atoms with Crippen molar-refractivity contribution in [2.75, 3.05) is 0 Å². The smallest absolute Gasteiger partial charge is 0.0602 e. The van der Waals surface area contributed by atoms with E-state index in [1.165, 1.54) is 11.1 Å². The van der Waals surface area contributed by atoms with Crippen LogP contribution in [0.25, 0.3) is 0 Å². The summed E-state index contributed by atoms with van der Waals surface area (Å²) in [5.41, 5.74) is 2.63. The monoisotopic (exact) mass is 244 g/mol. The number of rotatable bonds is 0. The van der Waals surface area contributed by atoms with Crippen LogP contribution in [0.4, 0.5) is 0 Å². The van der Waals surface area contributed by atoms with Crippen molar-refractivity contribution in [3.63, 3.8) is 0 Å². The lowest BCUT2D eigenvalue weighted by Crippen LogP contribution is -2.26. The molecule has 0 N–H and O–H groups in total. The molecular formula is C15H16OS. The number of allylic oxidation sites excluding steroid dienone is 3. The molecule has 88 valence electrons. The molecular weight excluding hydrogens is 228 g/mol. The molecule has 4 unspecified atom stereocenters. The van der Waals surface area contributed by atoms with E-state index in [1.54, 1.807) is 0 Å². The molecule has 3 rings (SSSR count). The first-order chi connectivity index (χ1) is 8.27. The van der Waals surface area contributed by atoms with Crippen LogP contribution in [0.15, 0.2) is 48.6 Å². The quantitative estimate of drug-likeness (QED) is 0.685. The fourth-order valence-electron chi connectivity index (χ4n) is 2.88. The zero-order valence-corrected chi connectivity index (χ0v) is 10.7. The molecule has 1 aromatic rings. The Labute approximate surface area is 105 Å². The summed E-state index contributed by atoms with van der Waals surface area (Å²) in [5, 5.41) is 0.183. The Morgan fingerprint density at radius 1 is 1.18 bits per heavy atom. The predicted molar refractivity (Wildman–Crippen MR) is 72.3 cm³/mol. The zero-order chi connectivity index (χ0) is 11.8. The maximum Gasteiger partial charge on any atom is 0.0602 e. The SMILES string of the molecule is CC1c2ccccc2CS(=O)C2C=CC=CC12. The molecule has 0 radical (unpaired) electrons. The van der Waals surface area contributed by atoms with Gasteiger partial charge in [0.25, 0.3) is 0 Å². The molecule has 0 aromatic heterocycles. The van der Waals surface area contributed by atoms with Gasteiger partial charge in [0.15, 0.2) is 0 Å². The van der Waals surface area contributed by atoms with Crippen LogP contribution in [0, 0.1) is 5.92 Å². The zero-order valence-electron chi connectivity index (χ0n) is 9.87. The van der Waals surface area contributed by atoms with Gasteiger partial charge in [-0.2, -0.15) is 0 Å². The Kier molecular flexibility index (Phi) is 2.75. The maximum absolute atomic E-state index is 12.4. The molecule has 0 amide bonds. The van der Waals surface area contributed by atoms with Crippen LogP contribution in [0.5, 0.6) is 0 Å². The van der Waals surface area contributed by atoms with Crippen molar-refractivity contribution in [3.8, 4) is 0 Å². The van der Waals surface area contributed by atoms with Gasteiger partial charge in [-0.15, -0.1) is 0 Å². The van der Waals surface area contributed by atoms with E-state index in [2.05, 4.69) is 43.4 Å². The molecule has 0 fully saturated rings. The summed E-state index contributed by atoms with van der Waals surface area (Å²) < 4.78 is 12.4. The minimum atomic E-state index is -0.794. The Balaban J connectivity index is 2.11. The lowest BCUT2D eigenvalue weighted by Gasteiger charge is -2.26. The highest BCUT2D eigenvalue weighted by Gasteiger charge is 2.33. The van der Waals surface area contributed by atoms with Crippen LogP contribution in [0.2, 0.25) is 0 Å². The predicted octanol–water partition coefficient (Wildman–Crippen LogP) is 3.16. The second-order valence-electron chi connectivity index (χ2n) is 4.82. The van der Waals surface area contributed by atoms with Crippen molar-refractivity contribution < 1.29 is 4.21 Å². The summed E-state index contributed by atoms with van der Waals surface area (Å²) in [5.74, 6) is 1.52. The van der Waals surface area contributed by atoms with Crippen LogP contribution >= 0.6 is 0 Å². The summed E-state index contributed by atoms with van der Waals surface area (Å²) in [7, 11) is -0.794. The van der Waals surface area contributed by atoms with Crippen LogP contribution < -0.4 is 0 Å². The van der Waals surface area contributed by atoms with Crippen LogP contribution in [-0.2, 0) is 16.6 Å². The average molecular weight is 244 g/mol. The number of benzene rings is 1. The van der Waals surface area contributed by atoms with E-state index in [9.17, 15) is 4.21 Å². The van der Waals surface area contributed by atoms with Gasteiger partial charge in [0.2, 0.25) is 0 Å². The van der Waals surface area contributed by atoms with Crippen molar-refractivity contribution >= 4 is 10.8 Å². The highest BCUT2D eigenvalue weighted by Crippen LogP contribution is 2.38. The highest BCUT2D eigenvalue weighted by molar-refractivity contribution is 7.85. The minimum absolute atomic E-state index is 0.183. The van der Waals surface area contributed by atoms with Crippen molar-refractivity contribution in [3.05, 3.63) is 59.7 Å². The Morgan fingerprint density at radius 3 is 2.82 bits per heavy atom. The third-order valence-electron chi connectivity index (χ3n) is 3.85. The first-order valence-electron chi connectivity index (χ1n) is 6.07. The Hall–Kier alpha value is -1.15. The summed E-state index contributed by atoms with van der Waals surface area (Å²) >= 11 is 0. The molecule has 0 spiro atoms. The Morgan fingerprint density at radius 2 is 1.94 bits per heavy atom. The lowest BCUT2D eigenvalue weighted by atomic mass is 9.82. The molecule has 2 heteroatoms. The van der Waals surface area contributed by atoms with E-state index in [1.807, 2.05) is 12.1 Å². The second kappa shape index (κ2) is 4.26. The van der Waals surface area contributed by atoms with Gasteiger partial charge < -0.3 is 0 Å². The maximum atomic E-state index is 12.4. The first kappa shape index (κ1) is 11.0. The van der Waals surface area contributed by atoms with Gasteiger partial charge in [-0.05, 0) is 17.0 Å². The van der Waals surface area contributed by atoms with Gasteiger partial charge in [0.1, 0.15) is 0 Å². The molecule has 1 aliphatic carbocycles. The highest BCUT2D eigenvalue weighted by atomic mass is 32.2. The molecule has 0 saturated heterocycles. The molecule has 0 bridgehead atoms. The Bertz CT molecular complexity index is 515. The van der Waals surface area contributed by atoms with E-state index in [0.717, 1.165) is 0 Å². The second-order valence-corrected chi connectivity index (χ2v) is 6.42. The number of hydrogen-bond donors (Lipinski definition) is 0. The lowest BCUT2D eigenvalue weighted by molar-refractivity contribution is 0.547. The van der Waals surface area contributed by atoms with E-state index < -0.39 is 10.8 Å². The molecule has 17 heavy (non-hydrogen) atoms. The fourth-order valence-corrected chi connectivity index (χ4v) is 4.59. The average Bonchev–Trinajstić information content (AvgIpc) is 2.48. The van der Waals surface area contributed by atoms with Gasteiger partial charge in [-0.25, -0.2) is 0 Å². The summed E-state index contributed by atoms with van der Waals surface area (Å²) in [6.07, 6.45) is 8.45. The topological polar surface area (TPSA) is 17.1 Å². The van der Waals surface area contributed by atoms with E-state index in [4.69, 9.17) is 0 Å². The molecule has 1 aliphatic heterocycles. The molecule has 1 heterocycles. The molecule has 2 aliphatic rings. The van der Waals surface area contributed by atoms with Crippen LogP contribution in [-0.4, -0.2) is 9.46 Å². The fraction of sp³-hybridized carbons (Fsp3) is 0.333. The van der Waals surface area contributed by atoms with E-state index >= 15 is 0 Å². The van der Waals surface area contributed by atoms with Gasteiger partial charge in [-0.1, -0.05) is 55.5 Å². The van der Waals surface area contributed by atoms with Gasteiger partial charge in [0.05, 0.1) is 5.25 Å². The molecule has 0 saturated carbocycles. The van der Waals surface area contributed by atoms with E-state index in [-0.39, 0.29) is 5.25 Å². The molecule has 4 atom stereocenters. The number of fused-ring (bicyclic) bond motifs is 2. The summed E-state index contributed by atoms with van der Waals surface area (Å²) in [6.45, 7) is 2.25. The van der Waals surface area contributed by atoms with E-state index in [0.29, 0.717) is 17.6 Å². The third kappa shape index (κ3) is 1.81. The van der Waals surface area contributed by atoms with Crippen molar-refractivity contribution in [1.29, 1.82) is 0 Å². The normalized spacial score (nSPS) is 34.9. The number of hydrogen-bond acceptors (Lipinski definition) is 1. The summed E-state index contributed by atoms with van der Waals surface area (Å²) in [6, 6.07) is 8.44. The largest absolute Gasteiger partial charge is 0.259 e. The van der Waals surface area contributed by atoms with Gasteiger partial charge in [0, 0.05) is 22.5 Å². The molecule has 1 nitrogen and oxygen atoms in total. The molecule has 1 aromatic carbocycles. The van der Waals surface area contributed by atoms with Crippen molar-refractivity contribution in [2.24, 2.45) is 5.92 Å². The standard InChI is InChI=1S/C15H16OS/c1-11-13-7-3-2-6-12(13)10-17(16)15-9-5-4-8-14(11)15/h2-9,11,14-15H,10H2,1H3. The van der Waals surface area contributed by atoms with Crippen molar-refractivity contribution in [1.82, 2.24) is 0 Å². The third-order valence-corrected chi connectivity index (χ3v) is 5.52. The minimum Gasteiger partial charge on any atom is -0.259 e. The summed E-state index contributed by atoms with van der Waals surface area (Å²) in [4.78, 5) is 0. The van der Waals surface area contributed by atoms with Crippen LogP contribution in [0.1, 0.15) is 24.0 Å². The first-order valence-corrected chi connectivity index (χ1v) is 7.45. The van der Waals surface area contributed by atoms with Gasteiger partial charge >= 0.3 is 0 Å². The van der Waals surface area contributed by atoms with Crippen LogP contribution in [0.3, 0.4) is 0 Å².